The number of hydrogen-bond donors (Lipinski definition) is 0. The lowest BCUT2D eigenvalue weighted by molar-refractivity contribution is 0.106. The molecule has 0 saturated heterocycles. The van der Waals surface area contributed by atoms with Crippen molar-refractivity contribution in [1.82, 2.24) is 0 Å². The maximum atomic E-state index is 12.3. The molecule has 1 aliphatic rings. The van der Waals surface area contributed by atoms with Gasteiger partial charge in [-0.1, -0.05) is 48.5 Å². The molecule has 2 aromatic carbocycles. The first kappa shape index (κ1) is 11.8. The van der Waals surface area contributed by atoms with E-state index in [0.29, 0.717) is 11.1 Å². The summed E-state index contributed by atoms with van der Waals surface area (Å²) in [5, 5.41) is 0. The quantitative estimate of drug-likeness (QED) is 0.785. The monoisotopic (exact) mass is 271 g/mol. The molecule has 0 unspecified atom stereocenters. The summed E-state index contributed by atoms with van der Waals surface area (Å²) in [7, 11) is -3.74. The number of carbonyl (C=O) groups excluding carboxylic acids is 1. The summed E-state index contributed by atoms with van der Waals surface area (Å²) in [6.07, 6.45) is 0. The second-order valence-electron chi connectivity index (χ2n) is 4.11. The van der Waals surface area contributed by atoms with Crippen LogP contribution < -0.4 is 0 Å². The van der Waals surface area contributed by atoms with Gasteiger partial charge in [0.05, 0.1) is 4.90 Å². The van der Waals surface area contributed by atoms with Crippen molar-refractivity contribution in [2.24, 2.45) is 4.40 Å². The number of Topliss-reactive ketones (excluding diaryl/α,β-unsaturated/α-hetero) is 1. The molecule has 0 N–H and O–H groups in total. The Morgan fingerprint density at radius 2 is 1.53 bits per heavy atom. The maximum Gasteiger partial charge on any atom is 0.283 e. The molecule has 0 atom stereocenters. The molecule has 0 radical (unpaired) electrons. The standard InChI is InChI=1S/C14H9NO3S/c16-14(10-6-2-1-3-7-10)13-11-8-4-5-9-12(11)19(17,18)15-13/h1-9H. The lowest BCUT2D eigenvalue weighted by atomic mass is 10.0. The van der Waals surface area contributed by atoms with Gasteiger partial charge in [0.25, 0.3) is 10.0 Å². The van der Waals surface area contributed by atoms with Crippen LogP contribution in [0.2, 0.25) is 0 Å². The zero-order valence-electron chi connectivity index (χ0n) is 9.78. The third-order valence-electron chi connectivity index (χ3n) is 2.88. The first-order chi connectivity index (χ1) is 9.09. The van der Waals surface area contributed by atoms with Crippen molar-refractivity contribution in [3.05, 3.63) is 65.7 Å². The van der Waals surface area contributed by atoms with E-state index in [0.717, 1.165) is 0 Å². The van der Waals surface area contributed by atoms with Gasteiger partial charge in [-0.05, 0) is 6.07 Å². The first-order valence-corrected chi connectivity index (χ1v) is 7.08. The Hall–Kier alpha value is -2.27. The van der Waals surface area contributed by atoms with Crippen LogP contribution in [0.5, 0.6) is 0 Å². The molecule has 0 aromatic heterocycles. The third kappa shape index (κ3) is 1.88. The molecule has 1 aliphatic heterocycles. The van der Waals surface area contributed by atoms with Crippen molar-refractivity contribution >= 4 is 21.5 Å². The van der Waals surface area contributed by atoms with Gasteiger partial charge < -0.3 is 0 Å². The van der Waals surface area contributed by atoms with Gasteiger partial charge in [0.1, 0.15) is 5.71 Å². The molecule has 0 aliphatic carbocycles. The van der Waals surface area contributed by atoms with Gasteiger partial charge in [0, 0.05) is 11.1 Å². The number of ketones is 1. The summed E-state index contributed by atoms with van der Waals surface area (Å²) in [4.78, 5) is 12.4. The number of carbonyl (C=O) groups is 1. The molecule has 0 spiro atoms. The Bertz CT molecular complexity index is 792. The minimum absolute atomic E-state index is 0.0122. The Morgan fingerprint density at radius 1 is 0.895 bits per heavy atom. The minimum atomic E-state index is -3.74. The molecule has 2 aromatic rings. The molecule has 94 valence electrons. The second-order valence-corrected chi connectivity index (χ2v) is 5.68. The van der Waals surface area contributed by atoms with E-state index >= 15 is 0 Å². The minimum Gasteiger partial charge on any atom is -0.287 e. The lowest BCUT2D eigenvalue weighted by Crippen LogP contribution is -2.13. The average Bonchev–Trinajstić information content (AvgIpc) is 2.72. The van der Waals surface area contributed by atoms with Gasteiger partial charge in [-0.3, -0.25) is 4.79 Å². The Kier molecular flexibility index (Phi) is 2.57. The normalized spacial score (nSPS) is 15.7. The van der Waals surface area contributed by atoms with Crippen molar-refractivity contribution in [2.75, 3.05) is 0 Å². The van der Waals surface area contributed by atoms with Crippen LogP contribution >= 0.6 is 0 Å². The molecule has 0 fully saturated rings. The van der Waals surface area contributed by atoms with Crippen molar-refractivity contribution in [3.63, 3.8) is 0 Å². The summed E-state index contributed by atoms with van der Waals surface area (Å²) in [6, 6.07) is 14.9. The predicted octanol–water partition coefficient (Wildman–Crippen LogP) is 2.06. The van der Waals surface area contributed by atoms with Crippen LogP contribution in [0.4, 0.5) is 0 Å². The first-order valence-electron chi connectivity index (χ1n) is 5.64. The molecule has 0 bridgehead atoms. The lowest BCUT2D eigenvalue weighted by Gasteiger charge is -2.01. The third-order valence-corrected chi connectivity index (χ3v) is 4.22. The number of nitrogens with zero attached hydrogens (tertiary/aromatic N) is 1. The number of sulfonamides is 1. The Morgan fingerprint density at radius 3 is 2.26 bits per heavy atom. The van der Waals surface area contributed by atoms with E-state index in [-0.39, 0.29) is 16.4 Å². The van der Waals surface area contributed by atoms with Crippen molar-refractivity contribution < 1.29 is 13.2 Å². The molecule has 0 saturated carbocycles. The number of fused-ring (bicyclic) bond motifs is 1. The highest BCUT2D eigenvalue weighted by Gasteiger charge is 2.32. The van der Waals surface area contributed by atoms with Crippen LogP contribution in [-0.2, 0) is 10.0 Å². The van der Waals surface area contributed by atoms with E-state index in [1.165, 1.54) is 6.07 Å². The van der Waals surface area contributed by atoms with Crippen LogP contribution in [0.15, 0.2) is 63.9 Å². The van der Waals surface area contributed by atoms with Crippen molar-refractivity contribution in [3.8, 4) is 0 Å². The van der Waals surface area contributed by atoms with Crippen LogP contribution in [0.3, 0.4) is 0 Å². The van der Waals surface area contributed by atoms with Crippen molar-refractivity contribution in [1.29, 1.82) is 0 Å². The van der Waals surface area contributed by atoms with Gasteiger partial charge >= 0.3 is 0 Å². The fraction of sp³-hybridized carbons (Fsp3) is 0. The Labute approximate surface area is 110 Å². The molecular formula is C14H9NO3S. The summed E-state index contributed by atoms with van der Waals surface area (Å²) in [5.41, 5.74) is 0.784. The number of hydrogen-bond acceptors (Lipinski definition) is 3. The van der Waals surface area contributed by atoms with Crippen LogP contribution in [0.25, 0.3) is 0 Å². The van der Waals surface area contributed by atoms with E-state index in [1.54, 1.807) is 48.5 Å². The van der Waals surface area contributed by atoms with Crippen LogP contribution in [0, 0.1) is 0 Å². The summed E-state index contributed by atoms with van der Waals surface area (Å²) in [5.74, 6) is -0.380. The zero-order chi connectivity index (χ0) is 13.5. The average molecular weight is 271 g/mol. The van der Waals surface area contributed by atoms with E-state index in [2.05, 4.69) is 4.40 Å². The van der Waals surface area contributed by atoms with E-state index < -0.39 is 10.0 Å². The van der Waals surface area contributed by atoms with E-state index in [9.17, 15) is 13.2 Å². The van der Waals surface area contributed by atoms with Crippen LogP contribution in [0.1, 0.15) is 15.9 Å². The number of benzene rings is 2. The summed E-state index contributed by atoms with van der Waals surface area (Å²) in [6.45, 7) is 0. The maximum absolute atomic E-state index is 12.3. The largest absolute Gasteiger partial charge is 0.287 e. The van der Waals surface area contributed by atoms with Gasteiger partial charge in [-0.25, -0.2) is 0 Å². The number of rotatable bonds is 2. The topological polar surface area (TPSA) is 63.6 Å². The van der Waals surface area contributed by atoms with Gasteiger partial charge in [-0.2, -0.15) is 12.8 Å². The molecule has 3 rings (SSSR count). The van der Waals surface area contributed by atoms with Gasteiger partial charge in [0.2, 0.25) is 5.78 Å². The fourth-order valence-electron chi connectivity index (χ4n) is 2.00. The SMILES string of the molecule is O=C(C1=NS(=O)(=O)c2ccccc21)c1ccccc1. The summed E-state index contributed by atoms with van der Waals surface area (Å²) >= 11 is 0. The highest BCUT2D eigenvalue weighted by atomic mass is 32.2. The molecule has 1 heterocycles. The van der Waals surface area contributed by atoms with Gasteiger partial charge in [0.15, 0.2) is 0 Å². The van der Waals surface area contributed by atoms with Crippen LogP contribution in [-0.4, -0.2) is 19.9 Å². The highest BCUT2D eigenvalue weighted by molar-refractivity contribution is 7.90. The summed E-state index contributed by atoms with van der Waals surface area (Å²) < 4.78 is 27.3. The molecule has 0 amide bonds. The molecular weight excluding hydrogens is 262 g/mol. The van der Waals surface area contributed by atoms with E-state index in [1.807, 2.05) is 0 Å². The van der Waals surface area contributed by atoms with E-state index in [4.69, 9.17) is 0 Å². The predicted molar refractivity (Wildman–Crippen MR) is 70.9 cm³/mol. The fourth-order valence-corrected chi connectivity index (χ4v) is 3.21. The van der Waals surface area contributed by atoms with Gasteiger partial charge in [-0.15, -0.1) is 0 Å². The second kappa shape index (κ2) is 4.13. The highest BCUT2D eigenvalue weighted by Crippen LogP contribution is 2.27. The molecule has 19 heavy (non-hydrogen) atoms. The zero-order valence-corrected chi connectivity index (χ0v) is 10.6. The Balaban J connectivity index is 2.16. The molecule has 4 nitrogen and oxygen atoms in total. The smallest absolute Gasteiger partial charge is 0.283 e. The molecule has 5 heteroatoms. The van der Waals surface area contributed by atoms with Crippen molar-refractivity contribution in [2.45, 2.75) is 4.90 Å².